The predicted octanol–water partition coefficient (Wildman–Crippen LogP) is 2.49. The van der Waals surface area contributed by atoms with Crippen LogP contribution in [-0.4, -0.2) is 41.1 Å². The third-order valence-electron chi connectivity index (χ3n) is 3.80. The van der Waals surface area contributed by atoms with Crippen molar-refractivity contribution in [1.29, 1.82) is 0 Å². The zero-order chi connectivity index (χ0) is 15.4. The number of nitrogens with one attached hydrogen (secondary N) is 1. The maximum Gasteiger partial charge on any atom is 0.317 e. The molecule has 1 aliphatic rings. The summed E-state index contributed by atoms with van der Waals surface area (Å²) in [7, 11) is 0. The van der Waals surface area contributed by atoms with Crippen LogP contribution in [0.15, 0.2) is 12.1 Å². The number of carbonyl (C=O) groups excluding carboxylic acids is 1. The van der Waals surface area contributed by atoms with Crippen molar-refractivity contribution in [3.63, 3.8) is 0 Å². The zero-order valence-electron chi connectivity index (χ0n) is 12.5. The first kappa shape index (κ1) is 15.8. The smallest absolute Gasteiger partial charge is 0.317 e. The van der Waals surface area contributed by atoms with Crippen molar-refractivity contribution in [1.82, 2.24) is 10.2 Å². The Balaban J connectivity index is 1.77. The van der Waals surface area contributed by atoms with Gasteiger partial charge in [0.1, 0.15) is 0 Å². The summed E-state index contributed by atoms with van der Waals surface area (Å²) >= 11 is 1.75. The van der Waals surface area contributed by atoms with Gasteiger partial charge in [-0.05, 0) is 38.8 Å². The molecule has 1 unspecified atom stereocenters. The van der Waals surface area contributed by atoms with Crippen LogP contribution in [-0.2, 0) is 11.2 Å². The van der Waals surface area contributed by atoms with Crippen LogP contribution in [0.1, 0.15) is 29.5 Å². The maximum absolute atomic E-state index is 12.2. The highest BCUT2D eigenvalue weighted by atomic mass is 32.1. The van der Waals surface area contributed by atoms with E-state index in [-0.39, 0.29) is 18.0 Å². The summed E-state index contributed by atoms with van der Waals surface area (Å²) in [5.74, 6) is -1.06. The Morgan fingerprint density at radius 3 is 2.62 bits per heavy atom. The number of nitrogens with zero attached hydrogens (tertiary/aromatic N) is 1. The summed E-state index contributed by atoms with van der Waals surface area (Å²) in [4.78, 5) is 27.3. The topological polar surface area (TPSA) is 69.6 Å². The van der Waals surface area contributed by atoms with Gasteiger partial charge in [0.15, 0.2) is 0 Å². The molecule has 0 radical (unpaired) electrons. The molecule has 5 nitrogen and oxygen atoms in total. The first-order valence-corrected chi connectivity index (χ1v) is 8.11. The van der Waals surface area contributed by atoms with Gasteiger partial charge in [-0.25, -0.2) is 4.79 Å². The van der Waals surface area contributed by atoms with Crippen LogP contribution in [0.25, 0.3) is 0 Å². The Bertz CT molecular complexity index is 507. The van der Waals surface area contributed by atoms with Crippen molar-refractivity contribution in [3.05, 3.63) is 21.9 Å². The molecule has 116 valence electrons. The van der Waals surface area contributed by atoms with E-state index in [9.17, 15) is 9.59 Å². The molecule has 1 aliphatic heterocycles. The summed E-state index contributed by atoms with van der Waals surface area (Å²) in [6.07, 6.45) is 1.92. The van der Waals surface area contributed by atoms with Crippen molar-refractivity contribution in [2.75, 3.05) is 13.1 Å². The van der Waals surface area contributed by atoms with Crippen molar-refractivity contribution < 1.29 is 14.7 Å². The molecule has 0 bridgehead atoms. The third-order valence-corrected chi connectivity index (χ3v) is 4.83. The van der Waals surface area contributed by atoms with Gasteiger partial charge in [0, 0.05) is 35.3 Å². The molecule has 1 fully saturated rings. The van der Waals surface area contributed by atoms with Crippen molar-refractivity contribution >= 4 is 23.3 Å². The molecule has 0 saturated carbocycles. The highest BCUT2D eigenvalue weighted by molar-refractivity contribution is 7.11. The van der Waals surface area contributed by atoms with Crippen LogP contribution in [0.4, 0.5) is 4.79 Å². The first-order chi connectivity index (χ1) is 9.95. The van der Waals surface area contributed by atoms with E-state index in [2.05, 4.69) is 24.4 Å². The molecular weight excluding hydrogens is 288 g/mol. The van der Waals surface area contributed by atoms with E-state index in [0.717, 1.165) is 6.42 Å². The van der Waals surface area contributed by atoms with Gasteiger partial charge in [0.05, 0.1) is 5.92 Å². The fourth-order valence-corrected chi connectivity index (χ4v) is 3.60. The van der Waals surface area contributed by atoms with E-state index in [4.69, 9.17) is 5.11 Å². The summed E-state index contributed by atoms with van der Waals surface area (Å²) in [6.45, 7) is 5.11. The second-order valence-electron chi connectivity index (χ2n) is 5.67. The van der Waals surface area contributed by atoms with Crippen molar-refractivity contribution in [2.24, 2.45) is 5.92 Å². The average molecular weight is 310 g/mol. The molecule has 0 aromatic carbocycles. The number of thiophene rings is 1. The number of carboxylic acids is 1. The normalized spacial score (nSPS) is 17.5. The van der Waals surface area contributed by atoms with Crippen LogP contribution in [0.3, 0.4) is 0 Å². The van der Waals surface area contributed by atoms with Gasteiger partial charge >= 0.3 is 12.0 Å². The monoisotopic (exact) mass is 310 g/mol. The SMILES string of the molecule is Cc1ccc(CC(C)NC(=O)N2CCC(C(=O)O)CC2)s1. The minimum atomic E-state index is -0.753. The molecule has 1 aromatic rings. The Kier molecular flexibility index (Phi) is 5.22. The van der Waals surface area contributed by atoms with E-state index in [1.807, 2.05) is 6.92 Å². The molecule has 0 aliphatic carbocycles. The molecule has 2 amide bonds. The first-order valence-electron chi connectivity index (χ1n) is 7.29. The van der Waals surface area contributed by atoms with E-state index >= 15 is 0 Å². The number of piperidine rings is 1. The largest absolute Gasteiger partial charge is 0.481 e. The molecule has 6 heteroatoms. The molecule has 2 N–H and O–H groups in total. The zero-order valence-corrected chi connectivity index (χ0v) is 13.3. The summed E-state index contributed by atoms with van der Waals surface area (Å²) in [6, 6.07) is 4.18. The fraction of sp³-hybridized carbons (Fsp3) is 0.600. The second-order valence-corrected chi connectivity index (χ2v) is 7.04. The Morgan fingerprint density at radius 2 is 2.10 bits per heavy atom. The highest BCUT2D eigenvalue weighted by Crippen LogP contribution is 2.18. The summed E-state index contributed by atoms with van der Waals surface area (Å²) in [5.41, 5.74) is 0. The molecule has 0 spiro atoms. The lowest BCUT2D eigenvalue weighted by atomic mass is 9.97. The Labute approximate surface area is 129 Å². The van der Waals surface area contributed by atoms with Gasteiger partial charge in [-0.15, -0.1) is 11.3 Å². The lowest BCUT2D eigenvalue weighted by Crippen LogP contribution is -2.48. The van der Waals surface area contributed by atoms with Gasteiger partial charge in [0.2, 0.25) is 0 Å². The van der Waals surface area contributed by atoms with E-state index in [1.54, 1.807) is 16.2 Å². The van der Waals surface area contributed by atoms with E-state index < -0.39 is 5.97 Å². The number of carbonyl (C=O) groups is 2. The number of rotatable bonds is 4. The number of aryl methyl sites for hydroxylation is 1. The summed E-state index contributed by atoms with van der Waals surface area (Å²) < 4.78 is 0. The second kappa shape index (κ2) is 6.93. The number of likely N-dealkylation sites (tertiary alicyclic amines) is 1. The minimum absolute atomic E-state index is 0.0766. The number of aliphatic carboxylic acids is 1. The van der Waals surface area contributed by atoms with E-state index in [1.165, 1.54) is 9.75 Å². The maximum atomic E-state index is 12.2. The van der Waals surface area contributed by atoms with Crippen molar-refractivity contribution in [2.45, 2.75) is 39.2 Å². The highest BCUT2D eigenvalue weighted by Gasteiger charge is 2.27. The quantitative estimate of drug-likeness (QED) is 0.897. The molecule has 1 saturated heterocycles. The van der Waals surface area contributed by atoms with Crippen LogP contribution < -0.4 is 5.32 Å². The fourth-order valence-electron chi connectivity index (χ4n) is 2.58. The van der Waals surface area contributed by atoms with Crippen LogP contribution in [0.2, 0.25) is 0 Å². The van der Waals surface area contributed by atoms with Crippen LogP contribution in [0.5, 0.6) is 0 Å². The number of hydrogen-bond acceptors (Lipinski definition) is 3. The molecule has 1 aromatic heterocycles. The molecule has 21 heavy (non-hydrogen) atoms. The molecule has 1 atom stereocenters. The standard InChI is InChI=1S/C15H22N2O3S/c1-10(9-13-4-3-11(2)21-13)16-15(20)17-7-5-12(6-8-17)14(18)19/h3-4,10,12H,5-9H2,1-2H3,(H,16,20)(H,18,19). The number of carboxylic acid groups (broad SMARTS) is 1. The Hall–Kier alpha value is -1.56. The lowest BCUT2D eigenvalue weighted by molar-refractivity contribution is -0.143. The average Bonchev–Trinajstić information content (AvgIpc) is 2.83. The van der Waals surface area contributed by atoms with Crippen molar-refractivity contribution in [3.8, 4) is 0 Å². The van der Waals surface area contributed by atoms with Crippen LogP contribution >= 0.6 is 11.3 Å². The number of urea groups is 1. The van der Waals surface area contributed by atoms with Gasteiger partial charge < -0.3 is 15.3 Å². The van der Waals surface area contributed by atoms with Gasteiger partial charge in [0.25, 0.3) is 0 Å². The number of hydrogen-bond donors (Lipinski definition) is 2. The molecule has 2 heterocycles. The van der Waals surface area contributed by atoms with Gasteiger partial charge in [-0.2, -0.15) is 0 Å². The Morgan fingerprint density at radius 1 is 1.43 bits per heavy atom. The van der Waals surface area contributed by atoms with E-state index in [0.29, 0.717) is 25.9 Å². The lowest BCUT2D eigenvalue weighted by Gasteiger charge is -2.31. The summed E-state index contributed by atoms with van der Waals surface area (Å²) in [5, 5.41) is 12.0. The van der Waals surface area contributed by atoms with Crippen LogP contribution in [0, 0.1) is 12.8 Å². The third kappa shape index (κ3) is 4.46. The molecular formula is C15H22N2O3S. The predicted molar refractivity (Wildman–Crippen MR) is 82.7 cm³/mol. The minimum Gasteiger partial charge on any atom is -0.481 e. The molecule has 2 rings (SSSR count). The number of amides is 2. The van der Waals surface area contributed by atoms with Gasteiger partial charge in [-0.3, -0.25) is 4.79 Å². The van der Waals surface area contributed by atoms with Gasteiger partial charge in [-0.1, -0.05) is 0 Å².